The molecule has 0 amide bonds. The highest BCUT2D eigenvalue weighted by Gasteiger charge is 2.16. The van der Waals surface area contributed by atoms with Crippen LogP contribution in [0.4, 0.5) is 0 Å². The maximum absolute atomic E-state index is 3.70. The van der Waals surface area contributed by atoms with Gasteiger partial charge in [-0.3, -0.25) is 0 Å². The highest BCUT2D eigenvalue weighted by molar-refractivity contribution is 9.11. The number of halogens is 2. The molecule has 1 aromatic rings. The average molecular weight is 363 g/mol. The zero-order valence-electron chi connectivity index (χ0n) is 10.9. The minimum absolute atomic E-state index is 0.366. The molecule has 0 heterocycles. The minimum Gasteiger partial charge on any atom is -0.307 e. The van der Waals surface area contributed by atoms with Crippen LogP contribution in [0, 0.1) is 5.92 Å². The fourth-order valence-corrected chi connectivity index (χ4v) is 3.44. The van der Waals surface area contributed by atoms with Gasteiger partial charge < -0.3 is 5.32 Å². The molecule has 3 heteroatoms. The van der Waals surface area contributed by atoms with Crippen LogP contribution in [0.15, 0.2) is 27.1 Å². The standard InChI is InChI=1S/C14H21Br2N/c1-5-14(9(2)3)17-10(4)12-7-6-11(15)8-13(12)16/h6-10,14,17H,5H2,1-4H3. The number of benzene rings is 1. The zero-order chi connectivity index (χ0) is 13.0. The minimum atomic E-state index is 0.366. The molecule has 17 heavy (non-hydrogen) atoms. The van der Waals surface area contributed by atoms with E-state index < -0.39 is 0 Å². The Morgan fingerprint density at radius 1 is 1.18 bits per heavy atom. The van der Waals surface area contributed by atoms with E-state index in [1.54, 1.807) is 0 Å². The van der Waals surface area contributed by atoms with E-state index in [2.05, 4.69) is 83.1 Å². The first-order valence-electron chi connectivity index (χ1n) is 6.16. The Balaban J connectivity index is 2.78. The Hall–Kier alpha value is 0.140. The molecule has 0 spiro atoms. The third kappa shape index (κ3) is 4.38. The van der Waals surface area contributed by atoms with Crippen LogP contribution in [0.5, 0.6) is 0 Å². The van der Waals surface area contributed by atoms with Crippen LogP contribution in [0.2, 0.25) is 0 Å². The van der Waals surface area contributed by atoms with E-state index in [1.807, 2.05) is 0 Å². The van der Waals surface area contributed by atoms with E-state index in [4.69, 9.17) is 0 Å². The first-order chi connectivity index (χ1) is 7.95. The third-order valence-electron chi connectivity index (χ3n) is 3.14. The van der Waals surface area contributed by atoms with Crippen molar-refractivity contribution in [2.45, 2.75) is 46.2 Å². The van der Waals surface area contributed by atoms with E-state index >= 15 is 0 Å². The van der Waals surface area contributed by atoms with E-state index in [0.717, 1.165) is 15.4 Å². The van der Waals surface area contributed by atoms with Gasteiger partial charge in [-0.1, -0.05) is 58.7 Å². The number of nitrogens with one attached hydrogen (secondary N) is 1. The van der Waals surface area contributed by atoms with E-state index in [9.17, 15) is 0 Å². The van der Waals surface area contributed by atoms with Gasteiger partial charge in [-0.05, 0) is 37.0 Å². The van der Waals surface area contributed by atoms with Crippen LogP contribution in [-0.4, -0.2) is 6.04 Å². The second kappa shape index (κ2) is 6.91. The summed E-state index contributed by atoms with van der Waals surface area (Å²) < 4.78 is 2.27. The molecule has 2 atom stereocenters. The summed E-state index contributed by atoms with van der Waals surface area (Å²) in [6, 6.07) is 7.29. The van der Waals surface area contributed by atoms with Crippen LogP contribution in [-0.2, 0) is 0 Å². The van der Waals surface area contributed by atoms with Gasteiger partial charge in [-0.25, -0.2) is 0 Å². The predicted octanol–water partition coefficient (Wildman–Crippen LogP) is 5.30. The normalized spacial score (nSPS) is 15.0. The van der Waals surface area contributed by atoms with Crippen LogP contribution in [0.25, 0.3) is 0 Å². The van der Waals surface area contributed by atoms with Gasteiger partial charge in [0.1, 0.15) is 0 Å². The zero-order valence-corrected chi connectivity index (χ0v) is 14.1. The summed E-state index contributed by atoms with van der Waals surface area (Å²) in [6.45, 7) is 9.00. The summed E-state index contributed by atoms with van der Waals surface area (Å²) in [7, 11) is 0. The fourth-order valence-electron chi connectivity index (χ4n) is 2.05. The van der Waals surface area contributed by atoms with Crippen molar-refractivity contribution in [3.63, 3.8) is 0 Å². The lowest BCUT2D eigenvalue weighted by Gasteiger charge is -2.26. The highest BCUT2D eigenvalue weighted by Crippen LogP contribution is 2.27. The van der Waals surface area contributed by atoms with Gasteiger partial charge in [0.15, 0.2) is 0 Å². The van der Waals surface area contributed by atoms with Crippen molar-refractivity contribution >= 4 is 31.9 Å². The number of rotatable bonds is 5. The highest BCUT2D eigenvalue weighted by atomic mass is 79.9. The summed E-state index contributed by atoms with van der Waals surface area (Å²) in [5.74, 6) is 0.664. The van der Waals surface area contributed by atoms with Crippen molar-refractivity contribution in [2.75, 3.05) is 0 Å². The lowest BCUT2D eigenvalue weighted by Crippen LogP contribution is -2.35. The van der Waals surface area contributed by atoms with Gasteiger partial charge in [0.05, 0.1) is 0 Å². The SMILES string of the molecule is CCC(NC(C)c1ccc(Br)cc1Br)C(C)C. The van der Waals surface area contributed by atoms with Gasteiger partial charge in [0.2, 0.25) is 0 Å². The Bertz CT molecular complexity index is 363. The summed E-state index contributed by atoms with van der Waals surface area (Å²) in [4.78, 5) is 0. The quantitative estimate of drug-likeness (QED) is 0.749. The molecule has 1 N–H and O–H groups in total. The number of hydrogen-bond donors (Lipinski definition) is 1. The lowest BCUT2D eigenvalue weighted by atomic mass is 9.99. The molecule has 1 rings (SSSR count). The maximum atomic E-state index is 3.70. The molecule has 1 aromatic carbocycles. The van der Waals surface area contributed by atoms with Crippen molar-refractivity contribution in [1.82, 2.24) is 5.32 Å². The second-order valence-corrected chi connectivity index (χ2v) is 6.58. The van der Waals surface area contributed by atoms with E-state index in [0.29, 0.717) is 18.0 Å². The van der Waals surface area contributed by atoms with Crippen LogP contribution >= 0.6 is 31.9 Å². The molecule has 1 nitrogen and oxygen atoms in total. The van der Waals surface area contributed by atoms with Gasteiger partial charge in [-0.15, -0.1) is 0 Å². The van der Waals surface area contributed by atoms with Gasteiger partial charge in [-0.2, -0.15) is 0 Å². The number of hydrogen-bond acceptors (Lipinski definition) is 1. The Kier molecular flexibility index (Phi) is 6.18. The third-order valence-corrected chi connectivity index (χ3v) is 4.32. The largest absolute Gasteiger partial charge is 0.307 e. The molecule has 2 unspecified atom stereocenters. The molecule has 0 aliphatic rings. The topological polar surface area (TPSA) is 12.0 Å². The van der Waals surface area contributed by atoms with Crippen molar-refractivity contribution in [3.8, 4) is 0 Å². The maximum Gasteiger partial charge on any atom is 0.0305 e. The molecule has 0 aliphatic heterocycles. The Morgan fingerprint density at radius 3 is 2.29 bits per heavy atom. The first-order valence-corrected chi connectivity index (χ1v) is 7.75. The van der Waals surface area contributed by atoms with Crippen LogP contribution in [0.1, 0.15) is 45.7 Å². The van der Waals surface area contributed by atoms with E-state index in [-0.39, 0.29) is 0 Å². The average Bonchev–Trinajstić information content (AvgIpc) is 2.24. The second-order valence-electron chi connectivity index (χ2n) is 4.81. The smallest absolute Gasteiger partial charge is 0.0305 e. The van der Waals surface area contributed by atoms with Gasteiger partial charge in [0.25, 0.3) is 0 Å². The van der Waals surface area contributed by atoms with Crippen molar-refractivity contribution in [2.24, 2.45) is 5.92 Å². The fraction of sp³-hybridized carbons (Fsp3) is 0.571. The van der Waals surface area contributed by atoms with Crippen molar-refractivity contribution in [1.29, 1.82) is 0 Å². The van der Waals surface area contributed by atoms with E-state index in [1.165, 1.54) is 5.56 Å². The molecule has 0 fully saturated rings. The van der Waals surface area contributed by atoms with Crippen LogP contribution < -0.4 is 5.32 Å². The predicted molar refractivity (Wildman–Crippen MR) is 82.3 cm³/mol. The molecule has 0 saturated heterocycles. The molecular formula is C14H21Br2N. The molecule has 0 saturated carbocycles. The van der Waals surface area contributed by atoms with Gasteiger partial charge >= 0.3 is 0 Å². The summed E-state index contributed by atoms with van der Waals surface area (Å²) in [6.07, 6.45) is 1.16. The van der Waals surface area contributed by atoms with Crippen LogP contribution in [0.3, 0.4) is 0 Å². The molecule has 0 radical (unpaired) electrons. The van der Waals surface area contributed by atoms with Crippen molar-refractivity contribution < 1.29 is 0 Å². The molecule has 0 aromatic heterocycles. The van der Waals surface area contributed by atoms with Crippen molar-refractivity contribution in [3.05, 3.63) is 32.7 Å². The summed E-state index contributed by atoms with van der Waals surface area (Å²) in [5, 5.41) is 3.70. The molecule has 0 bridgehead atoms. The summed E-state index contributed by atoms with van der Waals surface area (Å²) >= 11 is 7.11. The summed E-state index contributed by atoms with van der Waals surface area (Å²) in [5.41, 5.74) is 1.31. The molecule has 0 aliphatic carbocycles. The van der Waals surface area contributed by atoms with Gasteiger partial charge in [0, 0.05) is 21.0 Å². The lowest BCUT2D eigenvalue weighted by molar-refractivity contribution is 0.355. The Morgan fingerprint density at radius 2 is 1.82 bits per heavy atom. The monoisotopic (exact) mass is 361 g/mol. The molecular weight excluding hydrogens is 342 g/mol. The molecule has 96 valence electrons. The Labute approximate surface area is 122 Å². The first kappa shape index (κ1) is 15.2.